The van der Waals surface area contributed by atoms with E-state index in [2.05, 4.69) is 10.3 Å². The number of nitrogens with one attached hydrogen (secondary N) is 1. The van der Waals surface area contributed by atoms with Gasteiger partial charge in [-0.05, 0) is 48.9 Å². The van der Waals surface area contributed by atoms with Crippen LogP contribution < -0.4 is 14.4 Å². The van der Waals surface area contributed by atoms with Crippen LogP contribution in [-0.2, 0) is 21.2 Å². The number of aromatic nitrogens is 1. The van der Waals surface area contributed by atoms with Crippen LogP contribution in [0.4, 0.5) is 5.82 Å². The molecule has 1 saturated heterocycles. The highest BCUT2D eigenvalue weighted by Gasteiger charge is 2.38. The molecule has 1 amide bonds. The Morgan fingerprint density at radius 2 is 1.82 bits per heavy atom. The first kappa shape index (κ1) is 26.7. The summed E-state index contributed by atoms with van der Waals surface area (Å²) in [6.45, 7) is -0.0328. The summed E-state index contributed by atoms with van der Waals surface area (Å²) >= 11 is 18.5. The number of hydrogen-bond acceptors (Lipinski definition) is 6. The van der Waals surface area contributed by atoms with Crippen LogP contribution in [0.3, 0.4) is 0 Å². The number of benzene rings is 2. The van der Waals surface area contributed by atoms with Crippen molar-refractivity contribution in [3.05, 3.63) is 80.9 Å². The summed E-state index contributed by atoms with van der Waals surface area (Å²) in [4.78, 5) is 29.2. The third kappa shape index (κ3) is 5.47. The summed E-state index contributed by atoms with van der Waals surface area (Å²) in [5, 5.41) is 3.60. The number of sulfonamides is 1. The molecule has 5 rings (SSSR count). The molecule has 2 aliphatic rings. The Kier molecular flexibility index (Phi) is 7.55. The molecule has 38 heavy (non-hydrogen) atoms. The van der Waals surface area contributed by atoms with Crippen LogP contribution in [0.25, 0.3) is 0 Å². The molecule has 12 heteroatoms. The van der Waals surface area contributed by atoms with E-state index >= 15 is 0 Å². The van der Waals surface area contributed by atoms with Gasteiger partial charge in [-0.1, -0.05) is 46.9 Å². The van der Waals surface area contributed by atoms with Gasteiger partial charge in [0.05, 0.1) is 39.2 Å². The second-order valence-electron chi connectivity index (χ2n) is 9.09. The first-order valence-corrected chi connectivity index (χ1v) is 14.4. The maximum absolute atomic E-state index is 13.8. The van der Waals surface area contributed by atoms with Gasteiger partial charge in [0.1, 0.15) is 6.10 Å². The predicted molar refractivity (Wildman–Crippen MR) is 145 cm³/mol. The Hall–Kier alpha value is -2.85. The van der Waals surface area contributed by atoms with Crippen molar-refractivity contribution >= 4 is 62.3 Å². The molecule has 0 aliphatic carbocycles. The molecule has 1 fully saturated rings. The van der Waals surface area contributed by atoms with Gasteiger partial charge >= 0.3 is 0 Å². The van der Waals surface area contributed by atoms with Crippen molar-refractivity contribution in [2.75, 3.05) is 10.8 Å². The monoisotopic (exact) mass is 593 g/mol. The third-order valence-electron chi connectivity index (χ3n) is 6.40. The van der Waals surface area contributed by atoms with Gasteiger partial charge in [-0.2, -0.15) is 0 Å². The first-order valence-electron chi connectivity index (χ1n) is 11.8. The Morgan fingerprint density at radius 1 is 1.08 bits per heavy atom. The molecule has 0 radical (unpaired) electrons. The fourth-order valence-corrected chi connectivity index (χ4v) is 6.98. The van der Waals surface area contributed by atoms with Gasteiger partial charge in [0.25, 0.3) is 10.0 Å². The van der Waals surface area contributed by atoms with E-state index in [1.54, 1.807) is 42.5 Å². The fourth-order valence-electron chi connectivity index (χ4n) is 4.61. The van der Waals surface area contributed by atoms with Crippen molar-refractivity contribution in [1.29, 1.82) is 0 Å². The zero-order valence-corrected chi connectivity index (χ0v) is 22.9. The van der Waals surface area contributed by atoms with E-state index in [0.717, 1.165) is 0 Å². The van der Waals surface area contributed by atoms with E-state index in [1.165, 1.54) is 16.4 Å². The molecule has 2 aliphatic heterocycles. The highest BCUT2D eigenvalue weighted by atomic mass is 35.5. The van der Waals surface area contributed by atoms with E-state index in [0.29, 0.717) is 25.0 Å². The van der Waals surface area contributed by atoms with E-state index < -0.39 is 16.1 Å². The van der Waals surface area contributed by atoms with Crippen LogP contribution in [0, 0.1) is 0 Å². The number of ketones is 1. The molecular formula is C26H22Cl3N3O5S. The normalized spacial score (nSPS) is 19.0. The standard InChI is InChI=1S/C26H22Cl3N3O5S/c27-15-3-1-4-19(11-15)38(35,36)32-14-18(12-16-8-10-24(34)30-16)37-23-9-7-17(31-26(23)32)13-22(33)25-20(28)5-2-6-21(25)29/h1-7,9,11,16,18H,8,10,12-14H2,(H,30,34)/t16?,18-/m0/s1. The van der Waals surface area contributed by atoms with E-state index in [4.69, 9.17) is 39.5 Å². The molecule has 0 spiro atoms. The van der Waals surface area contributed by atoms with E-state index in [9.17, 15) is 18.0 Å². The van der Waals surface area contributed by atoms with Gasteiger partial charge in [-0.15, -0.1) is 0 Å². The SMILES string of the molecule is O=C1CCC(C[C@H]2CN(S(=O)(=O)c3cccc(Cl)c3)c3nc(CC(=O)c4c(Cl)cccc4Cl)ccc3O2)N1. The number of ether oxygens (including phenoxy) is 1. The average molecular weight is 595 g/mol. The Labute approximate surface area is 234 Å². The molecular weight excluding hydrogens is 573 g/mol. The first-order chi connectivity index (χ1) is 18.1. The number of amides is 1. The highest BCUT2D eigenvalue weighted by molar-refractivity contribution is 7.92. The predicted octanol–water partition coefficient (Wildman–Crippen LogP) is 5.09. The van der Waals surface area contributed by atoms with Gasteiger partial charge in [0.15, 0.2) is 17.4 Å². The third-order valence-corrected chi connectivity index (χ3v) is 9.01. The fraction of sp³-hybridized carbons (Fsp3) is 0.269. The minimum atomic E-state index is -4.09. The van der Waals surface area contributed by atoms with Gasteiger partial charge < -0.3 is 10.1 Å². The molecule has 0 saturated carbocycles. The quantitative estimate of drug-likeness (QED) is 0.382. The number of carbonyl (C=O) groups is 2. The van der Waals surface area contributed by atoms with Gasteiger partial charge in [0.2, 0.25) is 5.91 Å². The number of pyridine rings is 1. The van der Waals surface area contributed by atoms with Crippen LogP contribution in [0.5, 0.6) is 5.75 Å². The number of Topliss-reactive ketones (excluding diaryl/α,β-unsaturated/α-hetero) is 1. The number of halogens is 3. The van der Waals surface area contributed by atoms with Gasteiger partial charge in [-0.3, -0.25) is 9.59 Å². The second kappa shape index (κ2) is 10.7. The smallest absolute Gasteiger partial charge is 0.265 e. The van der Waals surface area contributed by atoms with Crippen molar-refractivity contribution < 1.29 is 22.7 Å². The zero-order chi connectivity index (χ0) is 27.0. The number of anilines is 1. The van der Waals surface area contributed by atoms with Gasteiger partial charge in [-0.25, -0.2) is 17.7 Å². The van der Waals surface area contributed by atoms with Crippen LogP contribution in [0.1, 0.15) is 35.3 Å². The lowest BCUT2D eigenvalue weighted by atomic mass is 10.1. The zero-order valence-electron chi connectivity index (χ0n) is 19.9. The average Bonchev–Trinajstić information content (AvgIpc) is 3.28. The second-order valence-corrected chi connectivity index (χ2v) is 12.2. The lowest BCUT2D eigenvalue weighted by Crippen LogP contribution is -2.46. The largest absolute Gasteiger partial charge is 0.485 e. The Balaban J connectivity index is 1.50. The molecule has 1 N–H and O–H groups in total. The summed E-state index contributed by atoms with van der Waals surface area (Å²) < 4.78 is 34.9. The molecule has 198 valence electrons. The number of nitrogens with zero attached hydrogens (tertiary/aromatic N) is 2. The van der Waals surface area contributed by atoms with Crippen molar-refractivity contribution in [3.8, 4) is 5.75 Å². The topological polar surface area (TPSA) is 106 Å². The molecule has 3 aromatic rings. The molecule has 2 atom stereocenters. The summed E-state index contributed by atoms with van der Waals surface area (Å²) in [6, 6.07) is 13.8. The van der Waals surface area contributed by atoms with Crippen LogP contribution in [0.15, 0.2) is 59.5 Å². The van der Waals surface area contributed by atoms with Crippen molar-refractivity contribution in [1.82, 2.24) is 10.3 Å². The summed E-state index contributed by atoms with van der Waals surface area (Å²) in [5.41, 5.74) is 0.495. The number of hydrogen-bond donors (Lipinski definition) is 1. The molecule has 1 aromatic heterocycles. The minimum absolute atomic E-state index is 0.00287. The molecule has 2 aromatic carbocycles. The molecule has 0 bridgehead atoms. The van der Waals surface area contributed by atoms with E-state index in [-0.39, 0.29) is 67.8 Å². The van der Waals surface area contributed by atoms with Gasteiger partial charge in [0, 0.05) is 23.9 Å². The number of carbonyl (C=O) groups excluding carboxylic acids is 2. The minimum Gasteiger partial charge on any atom is -0.485 e. The molecule has 1 unspecified atom stereocenters. The lowest BCUT2D eigenvalue weighted by Gasteiger charge is -2.35. The highest BCUT2D eigenvalue weighted by Crippen LogP contribution is 2.37. The Morgan fingerprint density at radius 3 is 2.50 bits per heavy atom. The summed E-state index contributed by atoms with van der Waals surface area (Å²) in [6.07, 6.45) is 0.817. The summed E-state index contributed by atoms with van der Waals surface area (Å²) in [7, 11) is -4.09. The van der Waals surface area contributed by atoms with Crippen molar-refractivity contribution in [2.24, 2.45) is 0 Å². The van der Waals surface area contributed by atoms with Crippen molar-refractivity contribution in [3.63, 3.8) is 0 Å². The maximum atomic E-state index is 13.8. The molecule has 8 nitrogen and oxygen atoms in total. The van der Waals surface area contributed by atoms with Crippen molar-refractivity contribution in [2.45, 2.75) is 42.7 Å². The van der Waals surface area contributed by atoms with Crippen LogP contribution in [0.2, 0.25) is 15.1 Å². The Bertz CT molecular complexity index is 1510. The van der Waals surface area contributed by atoms with Crippen LogP contribution in [-0.4, -0.2) is 43.8 Å². The van der Waals surface area contributed by atoms with E-state index in [1.807, 2.05) is 0 Å². The summed E-state index contributed by atoms with van der Waals surface area (Å²) in [5.74, 6) is -0.0801. The molecule has 3 heterocycles. The lowest BCUT2D eigenvalue weighted by molar-refractivity contribution is -0.119. The maximum Gasteiger partial charge on any atom is 0.265 e. The number of fused-ring (bicyclic) bond motifs is 1. The van der Waals surface area contributed by atoms with Crippen LogP contribution >= 0.6 is 34.8 Å². The number of rotatable bonds is 7.